The second-order valence-corrected chi connectivity index (χ2v) is 6.60. The lowest BCUT2D eigenvalue weighted by Gasteiger charge is -2.20. The van der Waals surface area contributed by atoms with Crippen LogP contribution in [0, 0.1) is 11.8 Å². The van der Waals surface area contributed by atoms with Crippen molar-refractivity contribution in [1.29, 1.82) is 0 Å². The largest absolute Gasteiger partial charge is 0.393 e. The van der Waals surface area contributed by atoms with Gasteiger partial charge in [-0.15, -0.1) is 0 Å². The first kappa shape index (κ1) is 19.4. The molecule has 4 N–H and O–H groups in total. The first-order chi connectivity index (χ1) is 10.9. The van der Waals surface area contributed by atoms with Gasteiger partial charge in [-0.05, 0) is 50.0 Å². The van der Waals surface area contributed by atoms with E-state index in [1.54, 1.807) is 6.92 Å². The number of rotatable bonds is 7. The average molecular weight is 337 g/mol. The number of hydrogen-bond acceptors (Lipinski definition) is 3. The molecule has 1 rings (SSSR count). The van der Waals surface area contributed by atoms with Crippen LogP contribution in [0.3, 0.4) is 0 Å². The van der Waals surface area contributed by atoms with E-state index in [9.17, 15) is 9.90 Å². The molecule has 0 fully saturated rings. The molecule has 0 radical (unpaired) electrons. The number of carbonyl (C=O) groups is 1. The zero-order valence-corrected chi connectivity index (χ0v) is 14.8. The van der Waals surface area contributed by atoms with Crippen LogP contribution in [-0.2, 0) is 4.79 Å². The Balaban J connectivity index is 2.45. The number of amides is 1. The summed E-state index contributed by atoms with van der Waals surface area (Å²) in [6.45, 7) is 5.94. The van der Waals surface area contributed by atoms with E-state index in [-0.39, 0.29) is 11.8 Å². The summed E-state index contributed by atoms with van der Waals surface area (Å²) in [4.78, 5) is 12.3. The third kappa shape index (κ3) is 8.52. The van der Waals surface area contributed by atoms with Gasteiger partial charge in [0.15, 0.2) is 5.11 Å². The Morgan fingerprint density at radius 1 is 1.13 bits per heavy atom. The van der Waals surface area contributed by atoms with Crippen molar-refractivity contribution >= 4 is 28.9 Å². The van der Waals surface area contributed by atoms with Crippen LogP contribution >= 0.6 is 12.2 Å². The molecule has 23 heavy (non-hydrogen) atoms. The van der Waals surface area contributed by atoms with E-state index < -0.39 is 6.10 Å². The van der Waals surface area contributed by atoms with E-state index in [2.05, 4.69) is 30.0 Å². The molecule has 0 aliphatic carbocycles. The van der Waals surface area contributed by atoms with Gasteiger partial charge in [-0.1, -0.05) is 38.5 Å². The van der Waals surface area contributed by atoms with E-state index >= 15 is 0 Å². The topological polar surface area (TPSA) is 73.4 Å². The highest BCUT2D eigenvalue weighted by Crippen LogP contribution is 2.17. The van der Waals surface area contributed by atoms with Crippen LogP contribution in [0.4, 0.5) is 5.69 Å². The molecule has 0 saturated carbocycles. The fraction of sp³-hybridized carbons (Fsp3) is 0.529. The molecule has 0 heterocycles. The average Bonchev–Trinajstić information content (AvgIpc) is 2.49. The Morgan fingerprint density at radius 2 is 1.78 bits per heavy atom. The molecule has 128 valence electrons. The molecule has 1 aromatic carbocycles. The van der Waals surface area contributed by atoms with Crippen molar-refractivity contribution in [2.24, 2.45) is 11.8 Å². The molecule has 2 atom stereocenters. The SMILES string of the molecule is CC(C)CC[C@@H](C[C@@H](C)O)C(=O)NNC(=S)Nc1ccccc1. The van der Waals surface area contributed by atoms with Gasteiger partial charge in [0.05, 0.1) is 6.10 Å². The maximum Gasteiger partial charge on any atom is 0.241 e. The molecule has 0 aliphatic heterocycles. The molecule has 0 aromatic heterocycles. The quantitative estimate of drug-likeness (QED) is 0.455. The molecule has 0 saturated heterocycles. The van der Waals surface area contributed by atoms with Crippen molar-refractivity contribution in [1.82, 2.24) is 10.9 Å². The second-order valence-electron chi connectivity index (χ2n) is 6.19. The monoisotopic (exact) mass is 337 g/mol. The third-order valence-corrected chi connectivity index (χ3v) is 3.62. The Hall–Kier alpha value is -1.66. The van der Waals surface area contributed by atoms with E-state index in [1.807, 2.05) is 30.3 Å². The van der Waals surface area contributed by atoms with Crippen molar-refractivity contribution in [2.45, 2.75) is 46.1 Å². The van der Waals surface area contributed by atoms with Gasteiger partial charge in [0.25, 0.3) is 0 Å². The lowest BCUT2D eigenvalue weighted by Crippen LogP contribution is -2.46. The molecular weight excluding hydrogens is 310 g/mol. The molecular formula is C17H27N3O2S. The Morgan fingerprint density at radius 3 is 2.35 bits per heavy atom. The first-order valence-electron chi connectivity index (χ1n) is 7.98. The van der Waals surface area contributed by atoms with Gasteiger partial charge >= 0.3 is 0 Å². The van der Waals surface area contributed by atoms with E-state index in [1.165, 1.54) is 0 Å². The number of hydrogen-bond donors (Lipinski definition) is 4. The van der Waals surface area contributed by atoms with Crippen LogP contribution in [0.5, 0.6) is 0 Å². The molecule has 1 amide bonds. The number of aliphatic hydroxyl groups is 1. The Kier molecular flexibility index (Phi) is 8.58. The zero-order chi connectivity index (χ0) is 17.2. The van der Waals surface area contributed by atoms with Crippen LogP contribution in [0.2, 0.25) is 0 Å². The summed E-state index contributed by atoms with van der Waals surface area (Å²) in [5.74, 6) is 0.140. The van der Waals surface area contributed by atoms with Crippen molar-refractivity contribution in [3.63, 3.8) is 0 Å². The molecule has 6 heteroatoms. The number of benzene rings is 1. The standard InChI is InChI=1S/C17H27N3O2S/c1-12(2)9-10-14(11-13(3)21)16(22)19-20-17(23)18-15-7-5-4-6-8-15/h4-8,12-14,21H,9-11H2,1-3H3,(H,19,22)(H2,18,20,23)/t13-,14+/m1/s1. The van der Waals surface area contributed by atoms with E-state index in [0.29, 0.717) is 17.5 Å². The van der Waals surface area contributed by atoms with Crippen molar-refractivity contribution < 1.29 is 9.90 Å². The molecule has 0 unspecified atom stereocenters. The lowest BCUT2D eigenvalue weighted by molar-refractivity contribution is -0.126. The summed E-state index contributed by atoms with van der Waals surface area (Å²) in [7, 11) is 0. The van der Waals surface area contributed by atoms with Gasteiger partial charge in [0, 0.05) is 11.6 Å². The van der Waals surface area contributed by atoms with Gasteiger partial charge in [-0.3, -0.25) is 15.6 Å². The fourth-order valence-electron chi connectivity index (χ4n) is 2.21. The molecule has 1 aromatic rings. The summed E-state index contributed by atoms with van der Waals surface area (Å²) in [5, 5.41) is 12.9. The summed E-state index contributed by atoms with van der Waals surface area (Å²) in [5.41, 5.74) is 6.19. The summed E-state index contributed by atoms with van der Waals surface area (Å²) in [6.07, 6.45) is 1.62. The molecule has 5 nitrogen and oxygen atoms in total. The minimum absolute atomic E-state index is 0.149. The predicted molar refractivity (Wildman–Crippen MR) is 97.8 cm³/mol. The van der Waals surface area contributed by atoms with Crippen molar-refractivity contribution in [3.8, 4) is 0 Å². The first-order valence-corrected chi connectivity index (χ1v) is 8.39. The van der Waals surface area contributed by atoms with Crippen LogP contribution < -0.4 is 16.2 Å². The summed E-state index contributed by atoms with van der Waals surface area (Å²) in [6, 6.07) is 9.48. The number of anilines is 1. The number of thiocarbonyl (C=S) groups is 1. The third-order valence-electron chi connectivity index (χ3n) is 3.42. The molecule has 0 aliphatic rings. The second kappa shape index (κ2) is 10.2. The number of aliphatic hydroxyl groups excluding tert-OH is 1. The highest BCUT2D eigenvalue weighted by atomic mass is 32.1. The number of nitrogens with one attached hydrogen (secondary N) is 3. The van der Waals surface area contributed by atoms with E-state index in [4.69, 9.17) is 12.2 Å². The maximum atomic E-state index is 12.3. The van der Waals surface area contributed by atoms with Gasteiger partial charge in [-0.25, -0.2) is 0 Å². The highest BCUT2D eigenvalue weighted by molar-refractivity contribution is 7.80. The summed E-state index contributed by atoms with van der Waals surface area (Å²) < 4.78 is 0. The van der Waals surface area contributed by atoms with Crippen LogP contribution in [0.1, 0.15) is 40.0 Å². The predicted octanol–water partition coefficient (Wildman–Crippen LogP) is 2.83. The minimum atomic E-state index is -0.507. The normalized spacial score (nSPS) is 13.3. The molecule has 0 spiro atoms. The van der Waals surface area contributed by atoms with E-state index in [0.717, 1.165) is 18.5 Å². The smallest absolute Gasteiger partial charge is 0.241 e. The Labute approximate surface area is 143 Å². The number of carbonyl (C=O) groups excluding carboxylic acids is 1. The van der Waals surface area contributed by atoms with Gasteiger partial charge < -0.3 is 10.4 Å². The van der Waals surface area contributed by atoms with Gasteiger partial charge in [0.1, 0.15) is 0 Å². The number of hydrazine groups is 1. The van der Waals surface area contributed by atoms with Crippen LogP contribution in [0.15, 0.2) is 30.3 Å². The van der Waals surface area contributed by atoms with Gasteiger partial charge in [0.2, 0.25) is 5.91 Å². The highest BCUT2D eigenvalue weighted by Gasteiger charge is 2.20. The van der Waals surface area contributed by atoms with Crippen LogP contribution in [0.25, 0.3) is 0 Å². The number of para-hydroxylation sites is 1. The van der Waals surface area contributed by atoms with Crippen molar-refractivity contribution in [2.75, 3.05) is 5.32 Å². The minimum Gasteiger partial charge on any atom is -0.393 e. The van der Waals surface area contributed by atoms with Gasteiger partial charge in [-0.2, -0.15) is 0 Å². The maximum absolute atomic E-state index is 12.3. The summed E-state index contributed by atoms with van der Waals surface area (Å²) >= 11 is 5.15. The van der Waals surface area contributed by atoms with Crippen molar-refractivity contribution in [3.05, 3.63) is 30.3 Å². The molecule has 0 bridgehead atoms. The fourth-order valence-corrected chi connectivity index (χ4v) is 2.38. The van der Waals surface area contributed by atoms with Crippen LogP contribution in [-0.4, -0.2) is 22.2 Å². The zero-order valence-electron chi connectivity index (χ0n) is 14.0. The Bertz CT molecular complexity index is 492. The lowest BCUT2D eigenvalue weighted by atomic mass is 9.92.